The molecule has 4 heterocycles. The molecule has 1 atom stereocenters. The summed E-state index contributed by atoms with van der Waals surface area (Å²) in [6.07, 6.45) is 0.520. The number of nitrogens with zero attached hydrogens (tertiary/aromatic N) is 4. The number of carbonyl (C=O) groups excluding carboxylic acids is 1. The molecule has 0 saturated heterocycles. The molecule has 0 bridgehead atoms. The summed E-state index contributed by atoms with van der Waals surface area (Å²) in [5.74, 6) is 0.0455. The van der Waals surface area contributed by atoms with Crippen molar-refractivity contribution in [3.05, 3.63) is 59.7 Å². The van der Waals surface area contributed by atoms with Gasteiger partial charge in [-0.15, -0.1) is 0 Å². The van der Waals surface area contributed by atoms with Crippen LogP contribution in [0.5, 0.6) is 5.88 Å². The van der Waals surface area contributed by atoms with Gasteiger partial charge in [-0.05, 0) is 43.5 Å². The van der Waals surface area contributed by atoms with E-state index in [0.29, 0.717) is 35.7 Å². The van der Waals surface area contributed by atoms with Gasteiger partial charge >= 0.3 is 6.18 Å². The molecule has 1 amide bonds. The first-order valence-corrected chi connectivity index (χ1v) is 9.77. The van der Waals surface area contributed by atoms with E-state index in [9.17, 15) is 18.0 Å². The number of nitrogens with one attached hydrogen (secondary N) is 1. The van der Waals surface area contributed by atoms with Crippen molar-refractivity contribution < 1.29 is 22.7 Å². The van der Waals surface area contributed by atoms with E-state index < -0.39 is 11.9 Å². The molecule has 3 aromatic heterocycles. The standard InChI is InChI=1S/C21H20F3N5O2/c1-31-19-11-14(6-8-26-19)20(30)27-15-4-2-3-9-29-17(15)12-16(28-29)13-5-7-25-18(10-13)21(22,23)24/h5-8,10-12,15H,2-4,9H2,1H3,(H,27,30)/t15-/m1/s1. The normalized spacial score (nSPS) is 16.3. The van der Waals surface area contributed by atoms with Gasteiger partial charge in [0.15, 0.2) is 0 Å². The number of ether oxygens (including phenoxy) is 1. The molecule has 1 aliphatic heterocycles. The smallest absolute Gasteiger partial charge is 0.433 e. The third-order valence-electron chi connectivity index (χ3n) is 5.14. The Morgan fingerprint density at radius 3 is 2.74 bits per heavy atom. The zero-order valence-corrected chi connectivity index (χ0v) is 16.7. The van der Waals surface area contributed by atoms with E-state index in [1.807, 2.05) is 0 Å². The monoisotopic (exact) mass is 431 g/mol. The highest BCUT2D eigenvalue weighted by molar-refractivity contribution is 5.94. The lowest BCUT2D eigenvalue weighted by molar-refractivity contribution is -0.141. The van der Waals surface area contributed by atoms with Crippen molar-refractivity contribution in [3.8, 4) is 17.1 Å². The SMILES string of the molecule is COc1cc(C(=O)N[C@@H]2CCCCn3nc(-c4ccnc(C(F)(F)F)c4)cc32)ccn1. The molecule has 3 aromatic rings. The van der Waals surface area contributed by atoms with E-state index in [-0.39, 0.29) is 11.9 Å². The summed E-state index contributed by atoms with van der Waals surface area (Å²) in [5.41, 5.74) is 0.935. The van der Waals surface area contributed by atoms with E-state index in [1.54, 1.807) is 22.9 Å². The maximum atomic E-state index is 13.0. The fraction of sp³-hybridized carbons (Fsp3) is 0.333. The van der Waals surface area contributed by atoms with Gasteiger partial charge in [0.05, 0.1) is 24.5 Å². The summed E-state index contributed by atoms with van der Waals surface area (Å²) in [7, 11) is 1.47. The van der Waals surface area contributed by atoms with Crippen LogP contribution in [0, 0.1) is 0 Å². The molecular formula is C21H20F3N5O2. The van der Waals surface area contributed by atoms with Crippen molar-refractivity contribution in [1.82, 2.24) is 25.1 Å². The van der Waals surface area contributed by atoms with E-state index >= 15 is 0 Å². The minimum absolute atomic E-state index is 0.287. The van der Waals surface area contributed by atoms with Crippen molar-refractivity contribution in [2.45, 2.75) is 38.0 Å². The highest BCUT2D eigenvalue weighted by Crippen LogP contribution is 2.32. The number of rotatable bonds is 4. The Morgan fingerprint density at radius 2 is 1.97 bits per heavy atom. The van der Waals surface area contributed by atoms with Gasteiger partial charge in [-0.1, -0.05) is 0 Å². The number of amides is 1. The van der Waals surface area contributed by atoms with E-state index in [2.05, 4.69) is 20.4 Å². The van der Waals surface area contributed by atoms with Gasteiger partial charge in [-0.3, -0.25) is 14.5 Å². The van der Waals surface area contributed by atoms with Gasteiger partial charge in [0, 0.05) is 36.1 Å². The lowest BCUT2D eigenvalue weighted by atomic mass is 10.1. The largest absolute Gasteiger partial charge is 0.481 e. The molecule has 0 spiro atoms. The predicted octanol–water partition coefficient (Wildman–Crippen LogP) is 4.02. The van der Waals surface area contributed by atoms with Crippen molar-refractivity contribution >= 4 is 5.91 Å². The van der Waals surface area contributed by atoms with Crippen molar-refractivity contribution in [1.29, 1.82) is 0 Å². The van der Waals surface area contributed by atoms with Gasteiger partial charge in [0.1, 0.15) is 5.69 Å². The van der Waals surface area contributed by atoms with E-state index in [1.165, 1.54) is 19.4 Å². The summed E-state index contributed by atoms with van der Waals surface area (Å²) in [5, 5.41) is 7.51. The Morgan fingerprint density at radius 1 is 1.16 bits per heavy atom. The average molecular weight is 431 g/mol. The average Bonchev–Trinajstić information content (AvgIpc) is 3.11. The molecule has 10 heteroatoms. The van der Waals surface area contributed by atoms with Gasteiger partial charge in [-0.2, -0.15) is 18.3 Å². The summed E-state index contributed by atoms with van der Waals surface area (Å²) >= 11 is 0. The molecule has 1 N–H and O–H groups in total. The number of carbonyl (C=O) groups is 1. The Balaban J connectivity index is 1.62. The zero-order valence-electron chi connectivity index (χ0n) is 16.7. The molecular weight excluding hydrogens is 411 g/mol. The molecule has 7 nitrogen and oxygen atoms in total. The van der Waals surface area contributed by atoms with Crippen LogP contribution in [0.1, 0.15) is 47.1 Å². The maximum absolute atomic E-state index is 13.0. The highest BCUT2D eigenvalue weighted by Gasteiger charge is 2.33. The first-order chi connectivity index (χ1) is 14.8. The first kappa shape index (κ1) is 20.8. The molecule has 0 aromatic carbocycles. The lowest BCUT2D eigenvalue weighted by Crippen LogP contribution is -2.29. The summed E-state index contributed by atoms with van der Waals surface area (Å²) in [4.78, 5) is 20.2. The van der Waals surface area contributed by atoms with Crippen LogP contribution in [-0.2, 0) is 12.7 Å². The Bertz CT molecular complexity index is 1100. The van der Waals surface area contributed by atoms with Gasteiger partial charge < -0.3 is 10.1 Å². The predicted molar refractivity (Wildman–Crippen MR) is 105 cm³/mol. The van der Waals surface area contributed by atoms with Gasteiger partial charge in [0.25, 0.3) is 5.91 Å². The zero-order chi connectivity index (χ0) is 22.0. The molecule has 31 heavy (non-hydrogen) atoms. The highest BCUT2D eigenvalue weighted by atomic mass is 19.4. The maximum Gasteiger partial charge on any atom is 0.433 e. The Labute approximate surface area is 176 Å². The molecule has 4 rings (SSSR count). The third-order valence-corrected chi connectivity index (χ3v) is 5.14. The van der Waals surface area contributed by atoms with Crippen LogP contribution in [0.15, 0.2) is 42.7 Å². The fourth-order valence-electron chi connectivity index (χ4n) is 3.58. The quantitative estimate of drug-likeness (QED) is 0.675. The second kappa shape index (κ2) is 8.37. The van der Waals surface area contributed by atoms with E-state index in [4.69, 9.17) is 4.74 Å². The fourth-order valence-corrected chi connectivity index (χ4v) is 3.58. The Hall–Kier alpha value is -3.43. The number of hydrogen-bond donors (Lipinski definition) is 1. The lowest BCUT2D eigenvalue weighted by Gasteiger charge is -2.17. The van der Waals surface area contributed by atoms with Crippen LogP contribution < -0.4 is 10.1 Å². The van der Waals surface area contributed by atoms with Crippen molar-refractivity contribution in [3.63, 3.8) is 0 Å². The van der Waals surface area contributed by atoms with Crippen LogP contribution in [0.2, 0.25) is 0 Å². The van der Waals surface area contributed by atoms with Crippen LogP contribution in [-0.4, -0.2) is 32.8 Å². The van der Waals surface area contributed by atoms with Crippen LogP contribution in [0.4, 0.5) is 13.2 Å². The molecule has 0 saturated carbocycles. The van der Waals surface area contributed by atoms with E-state index in [0.717, 1.165) is 30.8 Å². The van der Waals surface area contributed by atoms with Gasteiger partial charge in [0.2, 0.25) is 5.88 Å². The second-order valence-electron chi connectivity index (χ2n) is 7.21. The van der Waals surface area contributed by atoms with Crippen LogP contribution >= 0.6 is 0 Å². The van der Waals surface area contributed by atoms with Crippen molar-refractivity contribution in [2.75, 3.05) is 7.11 Å². The number of methoxy groups -OCH3 is 1. The topological polar surface area (TPSA) is 81.9 Å². The molecule has 0 aliphatic carbocycles. The number of fused-ring (bicyclic) bond motifs is 1. The number of hydrogen-bond acceptors (Lipinski definition) is 5. The molecule has 162 valence electrons. The molecule has 0 unspecified atom stereocenters. The summed E-state index contributed by atoms with van der Waals surface area (Å²) < 4.78 is 45.9. The number of alkyl halides is 3. The van der Waals surface area contributed by atoms with Crippen LogP contribution in [0.3, 0.4) is 0 Å². The first-order valence-electron chi connectivity index (χ1n) is 9.77. The third kappa shape index (κ3) is 4.52. The van der Waals surface area contributed by atoms with Crippen LogP contribution in [0.25, 0.3) is 11.3 Å². The number of aromatic nitrogens is 4. The number of halogens is 3. The molecule has 0 radical (unpaired) electrons. The molecule has 0 fully saturated rings. The Kier molecular flexibility index (Phi) is 5.62. The minimum atomic E-state index is -4.53. The number of pyridine rings is 2. The van der Waals surface area contributed by atoms with Gasteiger partial charge in [-0.25, -0.2) is 4.98 Å². The number of aryl methyl sites for hydroxylation is 1. The second-order valence-corrected chi connectivity index (χ2v) is 7.21. The van der Waals surface area contributed by atoms with Crippen molar-refractivity contribution in [2.24, 2.45) is 0 Å². The summed E-state index contributed by atoms with van der Waals surface area (Å²) in [6.45, 7) is 0.627. The minimum Gasteiger partial charge on any atom is -0.481 e. The summed E-state index contributed by atoms with van der Waals surface area (Å²) in [6, 6.07) is 7.03. The molecule has 1 aliphatic rings.